The Labute approximate surface area is 169 Å². The molecule has 0 saturated heterocycles. The van der Waals surface area contributed by atoms with Crippen LogP contribution in [0, 0.1) is 5.92 Å². The van der Waals surface area contributed by atoms with Gasteiger partial charge in [-0.1, -0.05) is 32.0 Å². The van der Waals surface area contributed by atoms with Gasteiger partial charge in [-0.15, -0.1) is 11.8 Å². The van der Waals surface area contributed by atoms with Crippen molar-refractivity contribution in [3.05, 3.63) is 78.1 Å². The minimum Gasteiger partial charge on any atom is -0.479 e. The van der Waals surface area contributed by atoms with E-state index in [1.165, 1.54) is 0 Å². The Morgan fingerprint density at radius 1 is 1.04 bits per heavy atom. The van der Waals surface area contributed by atoms with Crippen molar-refractivity contribution >= 4 is 23.4 Å². The Morgan fingerprint density at radius 3 is 2.43 bits per heavy atom. The molecule has 28 heavy (non-hydrogen) atoms. The third kappa shape index (κ3) is 5.23. The van der Waals surface area contributed by atoms with Gasteiger partial charge >= 0.3 is 5.97 Å². The summed E-state index contributed by atoms with van der Waals surface area (Å²) >= 11 is 1.66. The lowest BCUT2D eigenvalue weighted by Gasteiger charge is -2.31. The van der Waals surface area contributed by atoms with Gasteiger partial charge in [0.1, 0.15) is 17.3 Å². The summed E-state index contributed by atoms with van der Waals surface area (Å²) in [5.74, 6) is 2.90. The van der Waals surface area contributed by atoms with E-state index in [2.05, 4.69) is 13.8 Å². The van der Waals surface area contributed by atoms with Crippen LogP contribution in [0.5, 0.6) is 0 Å². The Morgan fingerprint density at radius 2 is 1.79 bits per heavy atom. The molecule has 0 saturated carbocycles. The average molecular weight is 400 g/mol. The van der Waals surface area contributed by atoms with E-state index >= 15 is 0 Å². The standard InChI is InChI=1S/C22H25NO4S/c1-16(2)13-23(17-7-4-3-5-8-17)21(22(24)25)20-11-10-19(27-20)15-28-14-18-9-6-12-26-18/h3-12,16,21H,13-15H2,1-2H3,(H,24,25). The number of anilines is 1. The first kappa shape index (κ1) is 20.1. The smallest absolute Gasteiger partial charge is 0.334 e. The summed E-state index contributed by atoms with van der Waals surface area (Å²) in [7, 11) is 0. The molecule has 0 aliphatic carbocycles. The van der Waals surface area contributed by atoms with Crippen LogP contribution in [0.15, 0.2) is 69.7 Å². The molecule has 1 aromatic carbocycles. The number of rotatable bonds is 10. The number of para-hydroxylation sites is 1. The monoisotopic (exact) mass is 399 g/mol. The topological polar surface area (TPSA) is 66.8 Å². The average Bonchev–Trinajstić information content (AvgIpc) is 3.34. The first-order valence-corrected chi connectivity index (χ1v) is 10.4. The summed E-state index contributed by atoms with van der Waals surface area (Å²) in [4.78, 5) is 14.1. The highest BCUT2D eigenvalue weighted by atomic mass is 32.2. The lowest BCUT2D eigenvalue weighted by atomic mass is 10.1. The molecule has 5 nitrogen and oxygen atoms in total. The minimum atomic E-state index is -0.923. The van der Waals surface area contributed by atoms with E-state index in [1.54, 1.807) is 24.1 Å². The number of aliphatic carboxylic acids is 1. The van der Waals surface area contributed by atoms with Crippen LogP contribution in [0.3, 0.4) is 0 Å². The number of nitrogens with zero attached hydrogens (tertiary/aromatic N) is 1. The molecule has 6 heteroatoms. The van der Waals surface area contributed by atoms with E-state index in [-0.39, 0.29) is 0 Å². The van der Waals surface area contributed by atoms with Gasteiger partial charge in [0.15, 0.2) is 6.04 Å². The molecule has 0 fully saturated rings. The molecule has 3 aromatic rings. The Hall–Kier alpha value is -2.60. The van der Waals surface area contributed by atoms with Gasteiger partial charge in [0.2, 0.25) is 0 Å². The van der Waals surface area contributed by atoms with Crippen LogP contribution >= 0.6 is 11.8 Å². The Bertz CT molecular complexity index is 858. The molecule has 2 aromatic heterocycles. The van der Waals surface area contributed by atoms with E-state index in [4.69, 9.17) is 8.83 Å². The fourth-order valence-corrected chi connectivity index (χ4v) is 3.87. The molecule has 0 radical (unpaired) electrons. The number of hydrogen-bond acceptors (Lipinski definition) is 5. The van der Waals surface area contributed by atoms with Crippen molar-refractivity contribution in [2.45, 2.75) is 31.4 Å². The fourth-order valence-electron chi connectivity index (χ4n) is 3.05. The third-order valence-corrected chi connectivity index (χ3v) is 5.19. The van der Waals surface area contributed by atoms with Crippen LogP contribution in [0.25, 0.3) is 0 Å². The summed E-state index contributed by atoms with van der Waals surface area (Å²) < 4.78 is 11.3. The van der Waals surface area contributed by atoms with Crippen molar-refractivity contribution in [2.75, 3.05) is 11.4 Å². The molecule has 1 N–H and O–H groups in total. The number of hydrogen-bond donors (Lipinski definition) is 1. The van der Waals surface area contributed by atoms with Gasteiger partial charge in [-0.3, -0.25) is 0 Å². The number of benzene rings is 1. The van der Waals surface area contributed by atoms with E-state index < -0.39 is 12.0 Å². The highest BCUT2D eigenvalue weighted by Gasteiger charge is 2.31. The van der Waals surface area contributed by atoms with Crippen LogP contribution in [0.2, 0.25) is 0 Å². The lowest BCUT2D eigenvalue weighted by molar-refractivity contribution is -0.139. The molecule has 0 spiro atoms. The van der Waals surface area contributed by atoms with Gasteiger partial charge in [0.05, 0.1) is 17.8 Å². The van der Waals surface area contributed by atoms with Gasteiger partial charge in [0, 0.05) is 12.2 Å². The third-order valence-electron chi connectivity index (χ3n) is 4.22. The first-order valence-electron chi connectivity index (χ1n) is 9.28. The van der Waals surface area contributed by atoms with Crippen LogP contribution < -0.4 is 4.90 Å². The molecule has 1 unspecified atom stereocenters. The summed E-state index contributed by atoms with van der Waals surface area (Å²) in [6.07, 6.45) is 1.66. The van der Waals surface area contributed by atoms with E-state index in [0.29, 0.717) is 24.0 Å². The lowest BCUT2D eigenvalue weighted by Crippen LogP contribution is -2.36. The normalized spacial score (nSPS) is 12.2. The summed E-state index contributed by atoms with van der Waals surface area (Å²) in [6.45, 7) is 4.77. The molecule has 148 valence electrons. The van der Waals surface area contributed by atoms with Gasteiger partial charge in [-0.2, -0.15) is 0 Å². The van der Waals surface area contributed by atoms with Gasteiger partial charge < -0.3 is 18.8 Å². The molecule has 0 aliphatic heterocycles. The second kappa shape index (κ2) is 9.55. The predicted octanol–water partition coefficient (Wildman–Crippen LogP) is 5.59. The van der Waals surface area contributed by atoms with Crippen molar-refractivity contribution < 1.29 is 18.7 Å². The zero-order valence-electron chi connectivity index (χ0n) is 16.1. The Kier molecular flexibility index (Phi) is 6.87. The SMILES string of the molecule is CC(C)CN(c1ccccc1)C(C(=O)O)c1ccc(CSCc2ccco2)o1. The van der Waals surface area contributed by atoms with Crippen molar-refractivity contribution in [1.82, 2.24) is 0 Å². The summed E-state index contributed by atoms with van der Waals surface area (Å²) in [6, 6.07) is 16.2. The summed E-state index contributed by atoms with van der Waals surface area (Å²) in [5, 5.41) is 9.96. The number of furan rings is 2. The van der Waals surface area contributed by atoms with Crippen molar-refractivity contribution in [1.29, 1.82) is 0 Å². The quantitative estimate of drug-likeness (QED) is 0.479. The number of carboxylic acid groups (broad SMARTS) is 1. The van der Waals surface area contributed by atoms with E-state index in [9.17, 15) is 9.90 Å². The maximum atomic E-state index is 12.2. The number of thioether (sulfide) groups is 1. The van der Waals surface area contributed by atoms with Crippen LogP contribution in [0.1, 0.15) is 37.2 Å². The second-order valence-electron chi connectivity index (χ2n) is 7.00. The molecule has 2 heterocycles. The largest absolute Gasteiger partial charge is 0.479 e. The molecule has 1 atom stereocenters. The predicted molar refractivity (Wildman–Crippen MR) is 111 cm³/mol. The van der Waals surface area contributed by atoms with Crippen LogP contribution in [-0.2, 0) is 16.3 Å². The first-order chi connectivity index (χ1) is 13.5. The molecular formula is C22H25NO4S. The molecule has 0 amide bonds. The van der Waals surface area contributed by atoms with Crippen LogP contribution in [-0.4, -0.2) is 17.6 Å². The zero-order chi connectivity index (χ0) is 19.9. The van der Waals surface area contributed by atoms with Gasteiger partial charge in [0.25, 0.3) is 0 Å². The summed E-state index contributed by atoms with van der Waals surface area (Å²) in [5.41, 5.74) is 0.869. The zero-order valence-corrected chi connectivity index (χ0v) is 16.9. The molecular weight excluding hydrogens is 374 g/mol. The maximum absolute atomic E-state index is 12.2. The second-order valence-corrected chi connectivity index (χ2v) is 7.98. The molecule has 3 rings (SSSR count). The minimum absolute atomic E-state index is 0.306. The molecule has 0 aliphatic rings. The Balaban J connectivity index is 1.76. The highest BCUT2D eigenvalue weighted by molar-refractivity contribution is 7.97. The van der Waals surface area contributed by atoms with Crippen molar-refractivity contribution in [3.8, 4) is 0 Å². The van der Waals surface area contributed by atoms with Gasteiger partial charge in [-0.05, 0) is 42.3 Å². The maximum Gasteiger partial charge on any atom is 0.334 e. The molecule has 0 bridgehead atoms. The van der Waals surface area contributed by atoms with Gasteiger partial charge in [-0.25, -0.2) is 4.79 Å². The fraction of sp³-hybridized carbons (Fsp3) is 0.318. The number of carbonyl (C=O) groups is 1. The van der Waals surface area contributed by atoms with Crippen molar-refractivity contribution in [2.24, 2.45) is 5.92 Å². The van der Waals surface area contributed by atoms with Crippen molar-refractivity contribution in [3.63, 3.8) is 0 Å². The van der Waals surface area contributed by atoms with Crippen LogP contribution in [0.4, 0.5) is 5.69 Å². The highest BCUT2D eigenvalue weighted by Crippen LogP contribution is 2.31. The van der Waals surface area contributed by atoms with E-state index in [0.717, 1.165) is 23.0 Å². The number of carboxylic acids is 1. The van der Waals surface area contributed by atoms with E-state index in [1.807, 2.05) is 53.4 Å².